The number of ether oxygens (including phenoxy) is 2. The van der Waals surface area contributed by atoms with Gasteiger partial charge in [-0.05, 0) is 98.0 Å². The van der Waals surface area contributed by atoms with Crippen LogP contribution in [0.5, 0.6) is 11.5 Å². The van der Waals surface area contributed by atoms with Gasteiger partial charge < -0.3 is 34.6 Å². The molecule has 5 aromatic rings. The van der Waals surface area contributed by atoms with Crippen molar-refractivity contribution in [3.8, 4) is 22.6 Å². The fourth-order valence-electron chi connectivity index (χ4n) is 11.1. The number of imide groups is 1. The SMILES string of the molecule is Cc1cc(Cl)cc(-c2ccnc3cc(CN4C(=O)CCC4=O)sc23)c1OC1CCN(C(=O)CCNC(=O)COc2ccc3[nH]c4c(c3c2)CCN2C[C@H]3CC(O)CC(C=O)[C@H]3CC42)CC1. The number of carbonyl (C=O) groups is 5. The minimum atomic E-state index is -0.398. The lowest BCUT2D eigenvalue weighted by molar-refractivity contribution is -0.139. The van der Waals surface area contributed by atoms with Crippen molar-refractivity contribution in [3.05, 3.63) is 75.4 Å². The molecule has 5 aliphatic rings. The third-order valence-corrected chi connectivity index (χ3v) is 15.7. The van der Waals surface area contributed by atoms with E-state index in [1.54, 1.807) is 6.20 Å². The molecule has 1 saturated carbocycles. The number of halogens is 1. The summed E-state index contributed by atoms with van der Waals surface area (Å²) in [4.78, 5) is 77.5. The molecule has 4 aliphatic heterocycles. The van der Waals surface area contributed by atoms with Gasteiger partial charge >= 0.3 is 0 Å². The number of carbonyl (C=O) groups excluding carboxylic acids is 5. The summed E-state index contributed by atoms with van der Waals surface area (Å²) in [6.07, 6.45) is 7.32. The maximum absolute atomic E-state index is 13.3. The number of aliphatic hydroxyl groups excluding tert-OH is 1. The number of hydrogen-bond acceptors (Lipinski definition) is 11. The first-order valence-corrected chi connectivity index (χ1v) is 24.1. The van der Waals surface area contributed by atoms with E-state index in [9.17, 15) is 29.1 Å². The second-order valence-electron chi connectivity index (χ2n) is 18.4. The Hall–Kier alpha value is -5.35. The van der Waals surface area contributed by atoms with Crippen LogP contribution in [0.4, 0.5) is 0 Å². The number of aldehydes is 1. The number of benzene rings is 2. The molecule has 16 heteroatoms. The van der Waals surface area contributed by atoms with Crippen LogP contribution in [0.2, 0.25) is 5.02 Å². The summed E-state index contributed by atoms with van der Waals surface area (Å²) in [5.74, 6) is 1.19. The maximum Gasteiger partial charge on any atom is 0.257 e. The third kappa shape index (κ3) is 8.75. The molecule has 0 bridgehead atoms. The Morgan fingerprint density at radius 3 is 2.63 bits per heavy atom. The molecule has 3 saturated heterocycles. The molecule has 65 heavy (non-hydrogen) atoms. The van der Waals surface area contributed by atoms with Crippen molar-refractivity contribution in [1.29, 1.82) is 0 Å². The van der Waals surface area contributed by atoms with Gasteiger partial charge in [0.1, 0.15) is 23.9 Å². The molecule has 10 rings (SSSR count). The Balaban J connectivity index is 0.706. The Bertz CT molecular complexity index is 2680. The number of nitrogens with zero attached hydrogens (tertiary/aromatic N) is 4. The number of aryl methyl sites for hydroxylation is 1. The van der Waals surface area contributed by atoms with Gasteiger partial charge in [-0.25, -0.2) is 0 Å². The number of amides is 4. The van der Waals surface area contributed by atoms with E-state index in [-0.39, 0.29) is 86.6 Å². The molecular weight excluding hydrogens is 868 g/mol. The lowest BCUT2D eigenvalue weighted by Crippen LogP contribution is -2.51. The summed E-state index contributed by atoms with van der Waals surface area (Å²) >= 11 is 8.12. The first kappa shape index (κ1) is 43.5. The molecule has 14 nitrogen and oxygen atoms in total. The highest BCUT2D eigenvalue weighted by molar-refractivity contribution is 7.19. The molecule has 5 atom stereocenters. The first-order valence-electron chi connectivity index (χ1n) is 22.9. The molecule has 0 radical (unpaired) electrons. The summed E-state index contributed by atoms with van der Waals surface area (Å²) in [6.45, 7) is 5.10. The van der Waals surface area contributed by atoms with E-state index in [0.29, 0.717) is 54.8 Å². The Labute approximate surface area is 385 Å². The fourth-order valence-corrected chi connectivity index (χ4v) is 12.5. The summed E-state index contributed by atoms with van der Waals surface area (Å²) < 4.78 is 13.6. The Kier molecular flexibility index (Phi) is 12.2. The van der Waals surface area contributed by atoms with E-state index in [1.165, 1.54) is 27.5 Å². The third-order valence-electron chi connectivity index (χ3n) is 14.3. The topological polar surface area (TPSA) is 174 Å². The van der Waals surface area contributed by atoms with Gasteiger partial charge in [0.2, 0.25) is 17.7 Å². The van der Waals surface area contributed by atoms with Gasteiger partial charge in [0.05, 0.1) is 28.9 Å². The highest BCUT2D eigenvalue weighted by Crippen LogP contribution is 2.49. The average molecular weight is 922 g/mol. The van der Waals surface area contributed by atoms with E-state index in [1.807, 2.05) is 54.3 Å². The zero-order chi connectivity index (χ0) is 44.9. The maximum atomic E-state index is 13.3. The minimum absolute atomic E-state index is 0.0319. The smallest absolute Gasteiger partial charge is 0.257 e. The van der Waals surface area contributed by atoms with Crippen LogP contribution in [-0.2, 0) is 36.9 Å². The molecule has 1 aliphatic carbocycles. The molecule has 3 N–H and O–H groups in total. The zero-order valence-corrected chi connectivity index (χ0v) is 37.9. The Morgan fingerprint density at radius 1 is 1.02 bits per heavy atom. The number of nitrogens with one attached hydrogen (secondary N) is 2. The van der Waals surface area contributed by atoms with E-state index >= 15 is 0 Å². The van der Waals surface area contributed by atoms with Crippen LogP contribution in [0.25, 0.3) is 32.2 Å². The number of fused-ring (bicyclic) bond motifs is 7. The van der Waals surface area contributed by atoms with Crippen LogP contribution in [0, 0.1) is 24.7 Å². The van der Waals surface area contributed by atoms with Gasteiger partial charge in [-0.3, -0.25) is 34.0 Å². The monoisotopic (exact) mass is 920 g/mol. The highest BCUT2D eigenvalue weighted by atomic mass is 35.5. The van der Waals surface area contributed by atoms with Crippen LogP contribution >= 0.6 is 22.9 Å². The van der Waals surface area contributed by atoms with Gasteiger partial charge in [0.25, 0.3) is 5.91 Å². The van der Waals surface area contributed by atoms with Crippen molar-refractivity contribution < 1.29 is 38.6 Å². The zero-order valence-electron chi connectivity index (χ0n) is 36.4. The molecule has 0 spiro atoms. The molecule has 4 amide bonds. The number of likely N-dealkylation sites (tertiary alicyclic amines) is 2. The predicted molar refractivity (Wildman–Crippen MR) is 246 cm³/mol. The highest BCUT2D eigenvalue weighted by Gasteiger charge is 2.46. The second-order valence-corrected chi connectivity index (χ2v) is 20.0. The molecule has 2 aromatic carbocycles. The number of H-pyrrole nitrogens is 1. The van der Waals surface area contributed by atoms with Crippen LogP contribution in [0.1, 0.15) is 79.1 Å². The van der Waals surface area contributed by atoms with Crippen molar-refractivity contribution in [2.24, 2.45) is 17.8 Å². The van der Waals surface area contributed by atoms with Crippen molar-refractivity contribution >= 4 is 74.0 Å². The molecule has 3 aromatic heterocycles. The predicted octanol–water partition coefficient (Wildman–Crippen LogP) is 6.52. The van der Waals surface area contributed by atoms with Gasteiger partial charge in [-0.2, -0.15) is 0 Å². The van der Waals surface area contributed by atoms with Gasteiger partial charge in [0, 0.05) is 115 Å². The van der Waals surface area contributed by atoms with Gasteiger partial charge in [-0.15, -0.1) is 11.3 Å². The number of piperidine rings is 2. The fraction of sp³-hybridized carbons (Fsp3) is 0.469. The molecule has 4 fully saturated rings. The summed E-state index contributed by atoms with van der Waals surface area (Å²) in [5, 5.41) is 14.9. The van der Waals surface area contributed by atoms with Crippen molar-refractivity contribution in [2.75, 3.05) is 39.3 Å². The normalized spacial score (nSPS) is 23.6. The number of thiophene rings is 1. The van der Waals surface area contributed by atoms with Crippen molar-refractivity contribution in [3.63, 3.8) is 0 Å². The number of aliphatic hydroxyl groups is 1. The summed E-state index contributed by atoms with van der Waals surface area (Å²) in [7, 11) is 0. The Morgan fingerprint density at radius 2 is 1.83 bits per heavy atom. The van der Waals surface area contributed by atoms with E-state index < -0.39 is 6.10 Å². The lowest BCUT2D eigenvalue weighted by atomic mass is 9.65. The van der Waals surface area contributed by atoms with Crippen LogP contribution in [-0.4, -0.2) is 111 Å². The standard InChI is InChI=1S/C49H53ClN6O8S/c1-27-16-30(50)19-39(36-6-11-51-41-21-34(65-49(36)41)24-56-45(61)4-5-46(56)62)48(27)64-32-8-13-54(14-9-32)44(60)7-12-52-43(59)26-63-33-2-3-40-38(20-33)35-10-15-55-23-28-17-31(58)18-29(25-57)37(28)22-42(55)47(35)53-40/h2-3,6,11,16,19-21,25,28-29,31-32,37,42,53,58H,4-5,7-10,12-15,17-18,22-24,26H2,1H3,(H,52,59)/t28-,29?,31?,37+,42?/m1/s1. The van der Waals surface area contributed by atoms with Crippen molar-refractivity contribution in [1.82, 2.24) is 30.0 Å². The van der Waals surface area contributed by atoms with Crippen LogP contribution in [0.3, 0.4) is 0 Å². The number of aromatic amines is 1. The largest absolute Gasteiger partial charge is 0.489 e. The summed E-state index contributed by atoms with van der Waals surface area (Å²) in [6, 6.07) is 13.7. The number of rotatable bonds is 12. The van der Waals surface area contributed by atoms with E-state index in [0.717, 1.165) is 81.3 Å². The van der Waals surface area contributed by atoms with Gasteiger partial charge in [-0.1, -0.05) is 11.6 Å². The average Bonchev–Trinajstić information content (AvgIpc) is 3.99. The molecule has 340 valence electrons. The quantitative estimate of drug-likeness (QED) is 0.0925. The second kappa shape index (κ2) is 18.1. The van der Waals surface area contributed by atoms with Crippen LogP contribution < -0.4 is 14.8 Å². The lowest BCUT2D eigenvalue weighted by Gasteiger charge is -2.50. The van der Waals surface area contributed by atoms with Gasteiger partial charge in [0.15, 0.2) is 6.61 Å². The summed E-state index contributed by atoms with van der Waals surface area (Å²) in [5.41, 5.74) is 6.87. The first-order chi connectivity index (χ1) is 31.5. The minimum Gasteiger partial charge on any atom is -0.489 e. The molecule has 7 heterocycles. The number of hydrogen-bond donors (Lipinski definition) is 3. The number of aromatic nitrogens is 2. The molecular formula is C49H53ClN6O8S. The van der Waals surface area contributed by atoms with Crippen molar-refractivity contribution in [2.45, 2.75) is 89.5 Å². The van der Waals surface area contributed by atoms with Crippen LogP contribution in [0.15, 0.2) is 48.7 Å². The molecule has 3 unspecified atom stereocenters. The van der Waals surface area contributed by atoms with E-state index in [2.05, 4.69) is 20.2 Å². The van der Waals surface area contributed by atoms with E-state index in [4.69, 9.17) is 21.1 Å². The number of pyridine rings is 1.